The van der Waals surface area contributed by atoms with Gasteiger partial charge in [-0.3, -0.25) is 10.1 Å². The predicted molar refractivity (Wildman–Crippen MR) is 80.1 cm³/mol. The lowest BCUT2D eigenvalue weighted by Gasteiger charge is -2.24. The van der Waals surface area contributed by atoms with Gasteiger partial charge in [0.05, 0.1) is 18.1 Å². The minimum absolute atomic E-state index is 0.00461. The van der Waals surface area contributed by atoms with Crippen LogP contribution in [0.1, 0.15) is 17.4 Å². The number of aliphatic hydroxyl groups is 1. The molecule has 2 rings (SSSR count). The van der Waals surface area contributed by atoms with Crippen LogP contribution in [-0.4, -0.2) is 16.6 Å². The van der Waals surface area contributed by atoms with Crippen molar-refractivity contribution in [2.24, 2.45) is 0 Å². The van der Waals surface area contributed by atoms with E-state index in [1.807, 2.05) is 18.4 Å². The van der Waals surface area contributed by atoms with Crippen LogP contribution in [0.2, 0.25) is 0 Å². The Labute approximate surface area is 121 Å². The Bertz CT molecular complexity index is 584. The lowest BCUT2D eigenvalue weighted by atomic mass is 10.1. The van der Waals surface area contributed by atoms with E-state index in [1.165, 1.54) is 17.0 Å². The normalized spacial score (nSPS) is 10.5. The molecule has 20 heavy (non-hydrogen) atoms. The molecule has 1 aromatic carbocycles. The van der Waals surface area contributed by atoms with Gasteiger partial charge in [-0.05, 0) is 24.4 Å². The first-order valence-corrected chi connectivity index (χ1v) is 7.19. The summed E-state index contributed by atoms with van der Waals surface area (Å²) in [5.41, 5.74) is 1.43. The zero-order chi connectivity index (χ0) is 14.5. The Morgan fingerprint density at radius 3 is 2.75 bits per heavy atom. The highest BCUT2D eigenvalue weighted by Gasteiger charge is 2.15. The van der Waals surface area contributed by atoms with Crippen molar-refractivity contribution in [1.29, 1.82) is 0 Å². The van der Waals surface area contributed by atoms with Crippen LogP contribution in [0.15, 0.2) is 35.7 Å². The molecule has 0 radical (unpaired) electrons. The fraction of sp³-hybridized carbons (Fsp3) is 0.286. The summed E-state index contributed by atoms with van der Waals surface area (Å²) in [6.45, 7) is 3.32. The highest BCUT2D eigenvalue weighted by molar-refractivity contribution is 7.09. The van der Waals surface area contributed by atoms with Crippen LogP contribution in [0.5, 0.6) is 0 Å². The second-order valence-electron chi connectivity index (χ2n) is 4.32. The SMILES string of the molecule is CCN(Cc1cccs1)c1ccc([N+](=O)[O-])cc1CO. The fourth-order valence-corrected chi connectivity index (χ4v) is 2.80. The van der Waals surface area contributed by atoms with Gasteiger partial charge in [0, 0.05) is 34.8 Å². The molecule has 6 heteroatoms. The molecule has 0 saturated carbocycles. The summed E-state index contributed by atoms with van der Waals surface area (Å²) < 4.78 is 0. The lowest BCUT2D eigenvalue weighted by Crippen LogP contribution is -2.22. The minimum atomic E-state index is -0.446. The Morgan fingerprint density at radius 2 is 2.20 bits per heavy atom. The molecule has 0 bridgehead atoms. The molecule has 1 heterocycles. The Hall–Kier alpha value is -1.92. The molecule has 5 nitrogen and oxygen atoms in total. The van der Waals surface area contributed by atoms with Crippen molar-refractivity contribution in [2.75, 3.05) is 11.4 Å². The number of thiophene rings is 1. The molecule has 0 unspecified atom stereocenters. The highest BCUT2D eigenvalue weighted by Crippen LogP contribution is 2.27. The maximum atomic E-state index is 10.8. The number of anilines is 1. The molecule has 0 spiro atoms. The first-order chi connectivity index (χ1) is 9.65. The number of non-ortho nitro benzene ring substituents is 1. The Balaban J connectivity index is 2.31. The monoisotopic (exact) mass is 292 g/mol. The lowest BCUT2D eigenvalue weighted by molar-refractivity contribution is -0.384. The summed E-state index contributed by atoms with van der Waals surface area (Å²) in [6, 6.07) is 8.67. The molecule has 0 saturated heterocycles. The largest absolute Gasteiger partial charge is 0.392 e. The molecule has 0 atom stereocenters. The van der Waals surface area contributed by atoms with Crippen molar-refractivity contribution in [3.63, 3.8) is 0 Å². The third-order valence-electron chi connectivity index (χ3n) is 3.09. The second kappa shape index (κ2) is 6.49. The molecule has 0 amide bonds. The van der Waals surface area contributed by atoms with Crippen molar-refractivity contribution in [3.8, 4) is 0 Å². The van der Waals surface area contributed by atoms with Crippen molar-refractivity contribution >= 4 is 22.7 Å². The molecule has 0 aliphatic carbocycles. The van der Waals surface area contributed by atoms with Crippen LogP contribution in [0.4, 0.5) is 11.4 Å². The van der Waals surface area contributed by atoms with Gasteiger partial charge in [-0.15, -0.1) is 11.3 Å². The number of nitro benzene ring substituents is 1. The van der Waals surface area contributed by atoms with Gasteiger partial charge < -0.3 is 10.0 Å². The van der Waals surface area contributed by atoms with Gasteiger partial charge in [0.15, 0.2) is 0 Å². The fourth-order valence-electron chi connectivity index (χ4n) is 2.08. The van der Waals surface area contributed by atoms with Gasteiger partial charge in [0.1, 0.15) is 0 Å². The van der Waals surface area contributed by atoms with Crippen LogP contribution < -0.4 is 4.90 Å². The van der Waals surface area contributed by atoms with Crippen molar-refractivity contribution < 1.29 is 10.0 Å². The van der Waals surface area contributed by atoms with Gasteiger partial charge in [0.2, 0.25) is 0 Å². The maximum Gasteiger partial charge on any atom is 0.269 e. The molecule has 2 aromatic rings. The van der Waals surface area contributed by atoms with Crippen LogP contribution in [-0.2, 0) is 13.2 Å². The van der Waals surface area contributed by atoms with E-state index in [0.29, 0.717) is 5.56 Å². The summed E-state index contributed by atoms with van der Waals surface area (Å²) in [7, 11) is 0. The minimum Gasteiger partial charge on any atom is -0.392 e. The third kappa shape index (κ3) is 3.15. The predicted octanol–water partition coefficient (Wildman–Crippen LogP) is 3.18. The molecule has 0 aliphatic heterocycles. The van der Waals surface area contributed by atoms with E-state index in [1.54, 1.807) is 17.4 Å². The van der Waals surface area contributed by atoms with Gasteiger partial charge in [-0.1, -0.05) is 6.07 Å². The third-order valence-corrected chi connectivity index (χ3v) is 3.95. The van der Waals surface area contributed by atoms with Gasteiger partial charge in [0.25, 0.3) is 5.69 Å². The molecule has 0 aliphatic rings. The number of benzene rings is 1. The zero-order valence-electron chi connectivity index (χ0n) is 11.2. The number of aliphatic hydroxyl groups excluding tert-OH is 1. The highest BCUT2D eigenvalue weighted by atomic mass is 32.1. The molecule has 1 aromatic heterocycles. The quantitative estimate of drug-likeness (QED) is 0.656. The van der Waals surface area contributed by atoms with Crippen LogP contribution >= 0.6 is 11.3 Å². The number of nitro groups is 1. The molecular formula is C14H16N2O3S. The number of nitrogens with zero attached hydrogens (tertiary/aromatic N) is 2. The van der Waals surface area contributed by atoms with E-state index in [9.17, 15) is 15.2 Å². The summed E-state index contributed by atoms with van der Waals surface area (Å²) in [6.07, 6.45) is 0. The summed E-state index contributed by atoms with van der Waals surface area (Å²) >= 11 is 1.67. The average Bonchev–Trinajstić information content (AvgIpc) is 2.97. The first kappa shape index (κ1) is 14.5. The zero-order valence-corrected chi connectivity index (χ0v) is 12.0. The molecule has 106 valence electrons. The summed E-state index contributed by atoms with van der Waals surface area (Å²) in [5, 5.41) is 22.3. The summed E-state index contributed by atoms with van der Waals surface area (Å²) in [4.78, 5) is 13.7. The van der Waals surface area contributed by atoms with E-state index < -0.39 is 4.92 Å². The van der Waals surface area contributed by atoms with E-state index in [2.05, 4.69) is 11.0 Å². The molecular weight excluding hydrogens is 276 g/mol. The van der Waals surface area contributed by atoms with Crippen molar-refractivity contribution in [3.05, 3.63) is 56.3 Å². The van der Waals surface area contributed by atoms with Crippen molar-refractivity contribution in [2.45, 2.75) is 20.1 Å². The molecule has 0 fully saturated rings. The number of hydrogen-bond acceptors (Lipinski definition) is 5. The van der Waals surface area contributed by atoms with E-state index in [4.69, 9.17) is 0 Å². The van der Waals surface area contributed by atoms with Gasteiger partial charge in [-0.2, -0.15) is 0 Å². The second-order valence-corrected chi connectivity index (χ2v) is 5.35. The number of hydrogen-bond donors (Lipinski definition) is 1. The number of rotatable bonds is 6. The van der Waals surface area contributed by atoms with Crippen LogP contribution in [0.3, 0.4) is 0 Å². The average molecular weight is 292 g/mol. The standard InChI is InChI=1S/C14H16N2O3S/c1-2-15(9-13-4-3-7-20-13)14-6-5-12(16(18)19)8-11(14)10-17/h3-8,17H,2,9-10H2,1H3. The van der Waals surface area contributed by atoms with Gasteiger partial charge >= 0.3 is 0 Å². The smallest absolute Gasteiger partial charge is 0.269 e. The maximum absolute atomic E-state index is 10.8. The van der Waals surface area contributed by atoms with Crippen molar-refractivity contribution in [1.82, 2.24) is 0 Å². The van der Waals surface area contributed by atoms with E-state index >= 15 is 0 Å². The summed E-state index contributed by atoms with van der Waals surface area (Å²) in [5.74, 6) is 0. The van der Waals surface area contributed by atoms with Crippen LogP contribution in [0.25, 0.3) is 0 Å². The Kier molecular flexibility index (Phi) is 4.70. The van der Waals surface area contributed by atoms with Gasteiger partial charge in [-0.25, -0.2) is 0 Å². The van der Waals surface area contributed by atoms with E-state index in [0.717, 1.165) is 18.8 Å². The molecule has 1 N–H and O–H groups in total. The first-order valence-electron chi connectivity index (χ1n) is 6.31. The van der Waals surface area contributed by atoms with E-state index in [-0.39, 0.29) is 12.3 Å². The topological polar surface area (TPSA) is 66.6 Å². The Morgan fingerprint density at radius 1 is 1.40 bits per heavy atom. The van der Waals surface area contributed by atoms with Crippen LogP contribution in [0, 0.1) is 10.1 Å².